The summed E-state index contributed by atoms with van der Waals surface area (Å²) in [4.78, 5) is 1.86. The first-order chi connectivity index (χ1) is 8.74. The molecule has 2 rings (SSSR count). The zero-order valence-electron chi connectivity index (χ0n) is 9.51. The van der Waals surface area contributed by atoms with Crippen molar-refractivity contribution in [2.24, 2.45) is 0 Å². The molecule has 0 saturated carbocycles. The molecular formula is C16H10S2. The van der Waals surface area contributed by atoms with Crippen molar-refractivity contribution in [3.63, 3.8) is 0 Å². The van der Waals surface area contributed by atoms with E-state index >= 15 is 0 Å². The van der Waals surface area contributed by atoms with Crippen LogP contribution in [-0.4, -0.2) is 0 Å². The van der Waals surface area contributed by atoms with E-state index in [1.54, 1.807) is 0 Å². The molecule has 0 fully saturated rings. The van der Waals surface area contributed by atoms with Crippen LogP contribution in [0.2, 0.25) is 0 Å². The number of thiol groups is 2. The minimum absolute atomic E-state index is 0.929. The number of benzene rings is 2. The third kappa shape index (κ3) is 3.93. The molecule has 0 nitrogen and oxygen atoms in total. The van der Waals surface area contributed by atoms with E-state index in [0.29, 0.717) is 0 Å². The summed E-state index contributed by atoms with van der Waals surface area (Å²) in [5, 5.41) is 0. The summed E-state index contributed by atoms with van der Waals surface area (Å²) >= 11 is 8.43. The van der Waals surface area contributed by atoms with Crippen LogP contribution >= 0.6 is 25.3 Å². The predicted molar refractivity (Wildman–Crippen MR) is 81.1 cm³/mol. The van der Waals surface area contributed by atoms with Crippen LogP contribution in [0.1, 0.15) is 11.1 Å². The highest BCUT2D eigenvalue weighted by atomic mass is 32.1. The van der Waals surface area contributed by atoms with E-state index in [4.69, 9.17) is 0 Å². The lowest BCUT2D eigenvalue weighted by atomic mass is 10.2. The molecule has 2 aromatic rings. The molecule has 0 atom stereocenters. The molecule has 0 aliphatic carbocycles. The average molecular weight is 266 g/mol. The van der Waals surface area contributed by atoms with Crippen molar-refractivity contribution in [3.05, 3.63) is 59.7 Å². The second-order valence-electron chi connectivity index (χ2n) is 3.59. The Morgan fingerprint density at radius 2 is 0.889 bits per heavy atom. The first kappa shape index (κ1) is 12.7. The maximum absolute atomic E-state index is 4.21. The molecule has 2 aromatic carbocycles. The smallest absolute Gasteiger partial charge is 0.0256 e. The van der Waals surface area contributed by atoms with Crippen molar-refractivity contribution < 1.29 is 0 Å². The zero-order chi connectivity index (χ0) is 12.8. The average Bonchev–Trinajstić information content (AvgIpc) is 2.39. The van der Waals surface area contributed by atoms with Gasteiger partial charge in [-0.05, 0) is 60.4 Å². The third-order valence-corrected chi connectivity index (χ3v) is 2.81. The maximum Gasteiger partial charge on any atom is 0.0256 e. The molecule has 0 heterocycles. The summed E-state index contributed by atoms with van der Waals surface area (Å²) in [5.41, 5.74) is 1.88. The van der Waals surface area contributed by atoms with E-state index in [9.17, 15) is 0 Å². The molecule has 0 radical (unpaired) electrons. The van der Waals surface area contributed by atoms with Gasteiger partial charge in [0.15, 0.2) is 0 Å². The predicted octanol–water partition coefficient (Wildman–Crippen LogP) is 3.67. The van der Waals surface area contributed by atoms with Crippen LogP contribution < -0.4 is 0 Å². The van der Waals surface area contributed by atoms with Crippen molar-refractivity contribution in [1.82, 2.24) is 0 Å². The molecule has 0 bridgehead atoms. The van der Waals surface area contributed by atoms with Crippen LogP contribution in [0.4, 0.5) is 0 Å². The highest BCUT2D eigenvalue weighted by molar-refractivity contribution is 7.80. The SMILES string of the molecule is Sc1ccc(C#CC#Cc2ccc(S)cc2)cc1. The molecule has 2 heteroatoms. The van der Waals surface area contributed by atoms with Gasteiger partial charge in [-0.1, -0.05) is 11.8 Å². The zero-order valence-corrected chi connectivity index (χ0v) is 11.3. The standard InChI is InChI=1S/C16H10S2/c17-15-9-5-13(6-10-15)3-1-2-4-14-7-11-16(18)12-8-14/h5-12,17-18H. The van der Waals surface area contributed by atoms with Gasteiger partial charge in [-0.3, -0.25) is 0 Å². The van der Waals surface area contributed by atoms with Crippen molar-refractivity contribution in [1.29, 1.82) is 0 Å². The Morgan fingerprint density at radius 3 is 1.22 bits per heavy atom. The third-order valence-electron chi connectivity index (χ3n) is 2.21. The van der Waals surface area contributed by atoms with Crippen molar-refractivity contribution in [2.45, 2.75) is 9.79 Å². The Balaban J connectivity index is 2.09. The van der Waals surface area contributed by atoms with Crippen molar-refractivity contribution in [2.75, 3.05) is 0 Å². The fourth-order valence-corrected chi connectivity index (χ4v) is 1.59. The van der Waals surface area contributed by atoms with Gasteiger partial charge in [0.2, 0.25) is 0 Å². The molecule has 18 heavy (non-hydrogen) atoms. The first-order valence-corrected chi connectivity index (χ1v) is 6.23. The van der Waals surface area contributed by atoms with Gasteiger partial charge in [-0.2, -0.15) is 0 Å². The van der Waals surface area contributed by atoms with Gasteiger partial charge in [0.05, 0.1) is 0 Å². The minimum Gasteiger partial charge on any atom is -0.143 e. The Bertz CT molecular complexity index is 583. The highest BCUT2D eigenvalue weighted by Gasteiger charge is 1.86. The quantitative estimate of drug-likeness (QED) is 0.527. The van der Waals surface area contributed by atoms with Gasteiger partial charge in [0, 0.05) is 20.9 Å². The van der Waals surface area contributed by atoms with Crippen LogP contribution in [0.5, 0.6) is 0 Å². The van der Waals surface area contributed by atoms with Crippen LogP contribution in [0.3, 0.4) is 0 Å². The molecule has 86 valence electrons. The van der Waals surface area contributed by atoms with E-state index < -0.39 is 0 Å². The number of hydrogen-bond acceptors (Lipinski definition) is 2. The van der Waals surface area contributed by atoms with Crippen molar-refractivity contribution in [3.8, 4) is 23.7 Å². The van der Waals surface area contributed by atoms with E-state index in [2.05, 4.69) is 48.9 Å². The summed E-state index contributed by atoms with van der Waals surface area (Å²) in [6.07, 6.45) is 0. The highest BCUT2D eigenvalue weighted by Crippen LogP contribution is 2.07. The van der Waals surface area contributed by atoms with Crippen LogP contribution in [-0.2, 0) is 0 Å². The maximum atomic E-state index is 4.21. The first-order valence-electron chi connectivity index (χ1n) is 5.34. The summed E-state index contributed by atoms with van der Waals surface area (Å²) < 4.78 is 0. The van der Waals surface area contributed by atoms with Crippen LogP contribution in [0.25, 0.3) is 0 Å². The van der Waals surface area contributed by atoms with E-state index in [-0.39, 0.29) is 0 Å². The molecule has 0 unspecified atom stereocenters. The monoisotopic (exact) mass is 266 g/mol. The molecule has 0 aromatic heterocycles. The van der Waals surface area contributed by atoms with Gasteiger partial charge >= 0.3 is 0 Å². The summed E-state index contributed by atoms with van der Waals surface area (Å²) in [6, 6.07) is 15.3. The molecule has 0 saturated heterocycles. The van der Waals surface area contributed by atoms with Crippen LogP contribution in [0, 0.1) is 23.7 Å². The second-order valence-corrected chi connectivity index (χ2v) is 4.63. The fraction of sp³-hybridized carbons (Fsp3) is 0. The normalized spacial score (nSPS) is 8.78. The van der Waals surface area contributed by atoms with E-state index in [1.807, 2.05) is 48.5 Å². The Hall–Kier alpha value is -1.74. The Labute approximate surface area is 118 Å². The topological polar surface area (TPSA) is 0 Å². The lowest BCUT2D eigenvalue weighted by molar-refractivity contribution is 1.46. The fourth-order valence-electron chi connectivity index (χ4n) is 1.30. The lowest BCUT2D eigenvalue weighted by Gasteiger charge is -1.90. The van der Waals surface area contributed by atoms with Gasteiger partial charge in [-0.15, -0.1) is 25.3 Å². The van der Waals surface area contributed by atoms with Gasteiger partial charge < -0.3 is 0 Å². The second kappa shape index (κ2) is 6.26. The molecule has 0 N–H and O–H groups in total. The Kier molecular flexibility index (Phi) is 4.42. The molecule has 0 aliphatic rings. The molecule has 0 amide bonds. The van der Waals surface area contributed by atoms with E-state index in [0.717, 1.165) is 20.9 Å². The summed E-state index contributed by atoms with van der Waals surface area (Å²) in [6.45, 7) is 0. The summed E-state index contributed by atoms with van der Waals surface area (Å²) in [5.74, 6) is 11.6. The number of hydrogen-bond donors (Lipinski definition) is 2. The Morgan fingerprint density at radius 1 is 0.556 bits per heavy atom. The van der Waals surface area contributed by atoms with Gasteiger partial charge in [-0.25, -0.2) is 0 Å². The summed E-state index contributed by atoms with van der Waals surface area (Å²) in [7, 11) is 0. The van der Waals surface area contributed by atoms with Crippen molar-refractivity contribution >= 4 is 25.3 Å². The lowest BCUT2D eigenvalue weighted by Crippen LogP contribution is -1.73. The molecule has 0 aliphatic heterocycles. The van der Waals surface area contributed by atoms with Gasteiger partial charge in [0.25, 0.3) is 0 Å². The molecular weight excluding hydrogens is 256 g/mol. The van der Waals surface area contributed by atoms with Crippen LogP contribution in [0.15, 0.2) is 58.3 Å². The number of rotatable bonds is 0. The largest absolute Gasteiger partial charge is 0.143 e. The van der Waals surface area contributed by atoms with Gasteiger partial charge in [0.1, 0.15) is 0 Å². The van der Waals surface area contributed by atoms with E-state index in [1.165, 1.54) is 0 Å². The molecule has 0 spiro atoms. The minimum atomic E-state index is 0.929.